The van der Waals surface area contributed by atoms with Crippen LogP contribution in [-0.2, 0) is 39.8 Å². The third-order valence-corrected chi connectivity index (χ3v) is 6.25. The number of amides is 2. The van der Waals surface area contributed by atoms with Gasteiger partial charge in [0.25, 0.3) is 11.8 Å². The molecule has 1 fully saturated rings. The van der Waals surface area contributed by atoms with Gasteiger partial charge in [0.05, 0.1) is 12.5 Å². The van der Waals surface area contributed by atoms with Crippen molar-refractivity contribution in [2.45, 2.75) is 50.7 Å². The van der Waals surface area contributed by atoms with Gasteiger partial charge >= 0.3 is 5.92 Å². The van der Waals surface area contributed by atoms with E-state index < -0.39 is 23.4 Å². The lowest BCUT2D eigenvalue weighted by Gasteiger charge is -2.29. The number of carbonyl (C=O) groups is 4. The first-order valence-electron chi connectivity index (χ1n) is 11.0. The van der Waals surface area contributed by atoms with Gasteiger partial charge in [-0.2, -0.15) is 8.78 Å². The normalized spacial score (nSPS) is 18.3. The second-order valence-corrected chi connectivity index (χ2v) is 8.59. The van der Waals surface area contributed by atoms with Crippen LogP contribution < -0.4 is 5.32 Å². The Bertz CT molecular complexity index is 1160. The van der Waals surface area contributed by atoms with Crippen LogP contribution in [0, 0.1) is 0 Å². The van der Waals surface area contributed by atoms with Gasteiger partial charge < -0.3 is 15.3 Å². The van der Waals surface area contributed by atoms with Gasteiger partial charge in [0.2, 0.25) is 0 Å². The predicted molar refractivity (Wildman–Crippen MR) is 117 cm³/mol. The summed E-state index contributed by atoms with van der Waals surface area (Å²) in [6, 6.07) is 9.54. The third-order valence-electron chi connectivity index (χ3n) is 6.25. The first-order valence-corrected chi connectivity index (χ1v) is 11.0. The van der Waals surface area contributed by atoms with Gasteiger partial charge in [0.1, 0.15) is 5.78 Å². The number of fused-ring (bicyclic) bond motifs is 1. The zero-order valence-corrected chi connectivity index (χ0v) is 18.4. The van der Waals surface area contributed by atoms with E-state index in [0.29, 0.717) is 28.7 Å². The predicted octanol–water partition coefficient (Wildman–Crippen LogP) is 2.28. The summed E-state index contributed by atoms with van der Waals surface area (Å²) >= 11 is 0. The zero-order valence-electron chi connectivity index (χ0n) is 18.4. The molecule has 1 aliphatic carbocycles. The molecule has 9 heteroatoms. The van der Waals surface area contributed by atoms with Crippen molar-refractivity contribution < 1.29 is 33.1 Å². The van der Waals surface area contributed by atoms with E-state index in [-0.39, 0.29) is 56.4 Å². The lowest BCUT2D eigenvalue weighted by molar-refractivity contribution is -0.147. The van der Waals surface area contributed by atoms with Crippen molar-refractivity contribution >= 4 is 23.4 Å². The highest BCUT2D eigenvalue weighted by molar-refractivity contribution is 6.07. The summed E-state index contributed by atoms with van der Waals surface area (Å²) in [5.74, 6) is -5.90. The fourth-order valence-electron chi connectivity index (χ4n) is 4.42. The van der Waals surface area contributed by atoms with Crippen LogP contribution in [0.4, 0.5) is 8.78 Å². The molecule has 178 valence electrons. The SMILES string of the molecule is O=C1CCC(N2Cc3cc(CNC(=O)C(F)(F)c4cccc(CCO)c4)ccc3C2=O)C(=O)C1. The number of alkyl halides is 2. The van der Waals surface area contributed by atoms with E-state index in [4.69, 9.17) is 5.11 Å². The molecule has 1 heterocycles. The second-order valence-electron chi connectivity index (χ2n) is 8.59. The molecule has 2 N–H and O–H groups in total. The minimum absolute atomic E-state index is 0.125. The summed E-state index contributed by atoms with van der Waals surface area (Å²) in [7, 11) is 0. The first-order chi connectivity index (χ1) is 16.2. The molecule has 0 aromatic heterocycles. The molecule has 1 unspecified atom stereocenters. The van der Waals surface area contributed by atoms with Gasteiger partial charge in [-0.3, -0.25) is 19.2 Å². The van der Waals surface area contributed by atoms with Gasteiger partial charge in [0.15, 0.2) is 5.78 Å². The Morgan fingerprint density at radius 2 is 1.91 bits per heavy atom. The highest BCUT2D eigenvalue weighted by Gasteiger charge is 2.41. The molecule has 0 spiro atoms. The van der Waals surface area contributed by atoms with Crippen LogP contribution in [0.15, 0.2) is 42.5 Å². The number of hydrogen-bond acceptors (Lipinski definition) is 5. The Kier molecular flexibility index (Phi) is 6.56. The molecule has 0 saturated heterocycles. The molecular formula is C25H24F2N2O5. The fourth-order valence-corrected chi connectivity index (χ4v) is 4.42. The van der Waals surface area contributed by atoms with E-state index in [1.807, 2.05) is 0 Å². The maximum atomic E-state index is 14.7. The van der Waals surface area contributed by atoms with Gasteiger partial charge in [-0.05, 0) is 41.7 Å². The minimum atomic E-state index is -3.76. The van der Waals surface area contributed by atoms with Crippen molar-refractivity contribution in [3.8, 4) is 0 Å². The van der Waals surface area contributed by atoms with Gasteiger partial charge in [0, 0.05) is 37.2 Å². The average Bonchev–Trinajstić information content (AvgIpc) is 3.13. The number of ketones is 2. The third kappa shape index (κ3) is 4.61. The van der Waals surface area contributed by atoms with Crippen molar-refractivity contribution in [1.82, 2.24) is 10.2 Å². The van der Waals surface area contributed by atoms with Crippen LogP contribution in [0.2, 0.25) is 0 Å². The number of Topliss-reactive ketones (excluding diaryl/α,β-unsaturated/α-hetero) is 2. The average molecular weight is 470 g/mol. The Balaban J connectivity index is 1.42. The number of nitrogens with zero attached hydrogens (tertiary/aromatic N) is 1. The van der Waals surface area contributed by atoms with E-state index in [1.165, 1.54) is 17.0 Å². The van der Waals surface area contributed by atoms with Crippen LogP contribution in [0.1, 0.15) is 51.9 Å². The Labute approximate surface area is 194 Å². The van der Waals surface area contributed by atoms with Crippen molar-refractivity contribution in [2.75, 3.05) is 6.61 Å². The number of nitrogens with one attached hydrogen (secondary N) is 1. The van der Waals surface area contributed by atoms with Crippen LogP contribution >= 0.6 is 0 Å². The largest absolute Gasteiger partial charge is 0.396 e. The van der Waals surface area contributed by atoms with Crippen molar-refractivity contribution in [1.29, 1.82) is 0 Å². The highest BCUT2D eigenvalue weighted by Crippen LogP contribution is 2.31. The highest BCUT2D eigenvalue weighted by atomic mass is 19.3. The maximum absolute atomic E-state index is 14.7. The zero-order chi connectivity index (χ0) is 24.5. The molecule has 4 rings (SSSR count). The number of aliphatic hydroxyl groups excluding tert-OH is 1. The van der Waals surface area contributed by atoms with Crippen molar-refractivity contribution in [2.24, 2.45) is 0 Å². The molecule has 34 heavy (non-hydrogen) atoms. The van der Waals surface area contributed by atoms with Crippen LogP contribution in [0.5, 0.6) is 0 Å². The molecule has 0 radical (unpaired) electrons. The molecule has 2 aromatic carbocycles. The molecule has 7 nitrogen and oxygen atoms in total. The molecule has 2 amide bonds. The summed E-state index contributed by atoms with van der Waals surface area (Å²) in [5, 5.41) is 11.3. The lowest BCUT2D eigenvalue weighted by atomic mass is 9.92. The number of hydrogen-bond donors (Lipinski definition) is 2. The Morgan fingerprint density at radius 3 is 2.65 bits per heavy atom. The van der Waals surface area contributed by atoms with Crippen LogP contribution in [-0.4, -0.2) is 46.0 Å². The maximum Gasteiger partial charge on any atom is 0.349 e. The molecule has 0 bridgehead atoms. The number of carbonyl (C=O) groups excluding carboxylic acids is 4. The van der Waals surface area contributed by atoms with E-state index in [1.54, 1.807) is 24.3 Å². The summed E-state index contributed by atoms with van der Waals surface area (Å²) in [6.45, 7) is -0.163. The van der Waals surface area contributed by atoms with E-state index >= 15 is 0 Å². The molecule has 2 aromatic rings. The fraction of sp³-hybridized carbons (Fsp3) is 0.360. The Hall–Kier alpha value is -3.46. The minimum Gasteiger partial charge on any atom is -0.396 e. The van der Waals surface area contributed by atoms with E-state index in [0.717, 1.165) is 6.07 Å². The van der Waals surface area contributed by atoms with Gasteiger partial charge in [-0.25, -0.2) is 0 Å². The summed E-state index contributed by atoms with van der Waals surface area (Å²) in [6.07, 6.45) is 0.595. The summed E-state index contributed by atoms with van der Waals surface area (Å²) in [5.41, 5.74) is 1.65. The number of benzene rings is 2. The van der Waals surface area contributed by atoms with Gasteiger partial charge in [-0.1, -0.05) is 30.3 Å². The van der Waals surface area contributed by atoms with E-state index in [9.17, 15) is 28.0 Å². The molecular weight excluding hydrogens is 446 g/mol. The smallest absolute Gasteiger partial charge is 0.349 e. The quantitative estimate of drug-likeness (QED) is 0.605. The molecule has 1 atom stereocenters. The number of halogens is 2. The molecule has 2 aliphatic rings. The monoisotopic (exact) mass is 470 g/mol. The van der Waals surface area contributed by atoms with Crippen molar-refractivity contribution in [3.05, 3.63) is 70.3 Å². The van der Waals surface area contributed by atoms with Crippen LogP contribution in [0.3, 0.4) is 0 Å². The molecule has 1 aliphatic heterocycles. The summed E-state index contributed by atoms with van der Waals surface area (Å²) in [4.78, 5) is 50.2. The van der Waals surface area contributed by atoms with Crippen LogP contribution in [0.25, 0.3) is 0 Å². The summed E-state index contributed by atoms with van der Waals surface area (Å²) < 4.78 is 29.4. The van der Waals surface area contributed by atoms with E-state index in [2.05, 4.69) is 5.32 Å². The number of rotatable bonds is 7. The second kappa shape index (κ2) is 9.42. The topological polar surface area (TPSA) is 104 Å². The lowest BCUT2D eigenvalue weighted by Crippen LogP contribution is -2.44. The van der Waals surface area contributed by atoms with Crippen molar-refractivity contribution in [3.63, 3.8) is 0 Å². The molecule has 1 saturated carbocycles. The van der Waals surface area contributed by atoms with Gasteiger partial charge in [-0.15, -0.1) is 0 Å². The Morgan fingerprint density at radius 1 is 1.12 bits per heavy atom. The number of aliphatic hydroxyl groups is 1. The standard InChI is InChI=1S/C25H24F2N2O5/c26-25(27,18-3-1-2-15(11-18)8-9-30)24(34)28-13-16-4-6-20-17(10-16)14-29(23(20)33)21-7-5-19(31)12-22(21)32/h1-4,6,10-11,21,30H,5,7-9,12-14H2,(H,28,34). The first kappa shape index (κ1) is 23.7.